The molecular formula is C9H13N3O2. The number of nitrogens with one attached hydrogen (secondary N) is 2. The molecule has 0 bridgehead atoms. The maximum Gasteiger partial charge on any atom is 0.316 e. The van der Waals surface area contributed by atoms with Crippen LogP contribution in [-0.4, -0.2) is 23.8 Å². The summed E-state index contributed by atoms with van der Waals surface area (Å²) >= 11 is 0. The molecule has 0 spiro atoms. The van der Waals surface area contributed by atoms with Crippen molar-refractivity contribution in [3.05, 3.63) is 0 Å². The first-order valence-electron chi connectivity index (χ1n) is 4.96. The zero-order valence-electron chi connectivity index (χ0n) is 7.88. The van der Waals surface area contributed by atoms with E-state index in [0.29, 0.717) is 5.96 Å². The van der Waals surface area contributed by atoms with Gasteiger partial charge in [0.15, 0.2) is 0 Å². The fraction of sp³-hybridized carbons (Fsp3) is 0.667. The molecule has 76 valence electrons. The van der Waals surface area contributed by atoms with Crippen molar-refractivity contribution in [1.29, 1.82) is 0 Å². The minimum absolute atomic E-state index is 0.262. The third-order valence-electron chi connectivity index (χ3n) is 2.56. The van der Waals surface area contributed by atoms with Gasteiger partial charge in [-0.3, -0.25) is 20.2 Å². The van der Waals surface area contributed by atoms with Crippen molar-refractivity contribution in [2.45, 2.75) is 38.1 Å². The van der Waals surface area contributed by atoms with Gasteiger partial charge in [0, 0.05) is 0 Å². The average Bonchev–Trinajstić information content (AvgIpc) is 2.47. The first kappa shape index (κ1) is 9.18. The van der Waals surface area contributed by atoms with Crippen LogP contribution >= 0.6 is 0 Å². The SMILES string of the molecule is O=C1NC(=NC2CCCCC2)NC1=O. The van der Waals surface area contributed by atoms with Crippen LogP contribution in [0.5, 0.6) is 0 Å². The van der Waals surface area contributed by atoms with Gasteiger partial charge in [-0.15, -0.1) is 0 Å². The van der Waals surface area contributed by atoms with Crippen LogP contribution in [-0.2, 0) is 9.59 Å². The van der Waals surface area contributed by atoms with E-state index in [1.54, 1.807) is 0 Å². The highest BCUT2D eigenvalue weighted by molar-refractivity contribution is 6.45. The van der Waals surface area contributed by atoms with Gasteiger partial charge in [0.05, 0.1) is 6.04 Å². The lowest BCUT2D eigenvalue weighted by atomic mass is 9.96. The van der Waals surface area contributed by atoms with E-state index in [4.69, 9.17) is 0 Å². The Hall–Kier alpha value is -1.39. The molecule has 0 aromatic rings. The molecule has 2 aliphatic rings. The molecule has 0 aromatic carbocycles. The molecule has 2 fully saturated rings. The van der Waals surface area contributed by atoms with Crippen LogP contribution in [0.25, 0.3) is 0 Å². The Kier molecular flexibility index (Phi) is 2.47. The van der Waals surface area contributed by atoms with Gasteiger partial charge in [-0.25, -0.2) is 4.99 Å². The second-order valence-electron chi connectivity index (χ2n) is 3.68. The minimum Gasteiger partial charge on any atom is -0.288 e. The Morgan fingerprint density at radius 2 is 1.57 bits per heavy atom. The molecule has 2 N–H and O–H groups in total. The fourth-order valence-electron chi connectivity index (χ4n) is 1.82. The highest BCUT2D eigenvalue weighted by Crippen LogP contribution is 2.20. The number of amides is 2. The summed E-state index contributed by atoms with van der Waals surface area (Å²) in [6.07, 6.45) is 5.73. The van der Waals surface area contributed by atoms with Crippen molar-refractivity contribution < 1.29 is 9.59 Å². The summed E-state index contributed by atoms with van der Waals surface area (Å²) in [4.78, 5) is 25.9. The molecule has 2 rings (SSSR count). The molecule has 5 heteroatoms. The molecule has 2 amide bonds. The number of rotatable bonds is 1. The summed E-state index contributed by atoms with van der Waals surface area (Å²) in [6, 6.07) is 0.262. The third kappa shape index (κ3) is 1.92. The highest BCUT2D eigenvalue weighted by Gasteiger charge is 2.26. The second kappa shape index (κ2) is 3.77. The minimum atomic E-state index is -0.612. The lowest BCUT2D eigenvalue weighted by Gasteiger charge is -2.17. The topological polar surface area (TPSA) is 70.6 Å². The summed E-state index contributed by atoms with van der Waals surface area (Å²) in [7, 11) is 0. The van der Waals surface area contributed by atoms with Gasteiger partial charge in [-0.2, -0.15) is 0 Å². The number of carbonyl (C=O) groups excluding carboxylic acids is 2. The lowest BCUT2D eigenvalue weighted by Crippen LogP contribution is -2.28. The van der Waals surface area contributed by atoms with Crippen LogP contribution in [0, 0.1) is 0 Å². The number of hydrogen-bond donors (Lipinski definition) is 2. The molecule has 5 nitrogen and oxygen atoms in total. The first-order chi connectivity index (χ1) is 6.75. The van der Waals surface area contributed by atoms with Crippen LogP contribution in [0.1, 0.15) is 32.1 Å². The van der Waals surface area contributed by atoms with Crippen LogP contribution < -0.4 is 10.6 Å². The van der Waals surface area contributed by atoms with E-state index in [2.05, 4.69) is 15.6 Å². The smallest absolute Gasteiger partial charge is 0.288 e. The van der Waals surface area contributed by atoms with Crippen LogP contribution in [0.4, 0.5) is 0 Å². The molecule has 1 aliphatic carbocycles. The summed E-state index contributed by atoms with van der Waals surface area (Å²) in [5.74, 6) is -0.897. The van der Waals surface area contributed by atoms with Crippen LogP contribution in [0.15, 0.2) is 4.99 Å². The lowest BCUT2D eigenvalue weighted by molar-refractivity contribution is -0.135. The highest BCUT2D eigenvalue weighted by atomic mass is 16.2. The normalized spacial score (nSPS) is 23.3. The van der Waals surface area contributed by atoms with Gasteiger partial charge in [-0.05, 0) is 12.8 Å². The van der Waals surface area contributed by atoms with Crippen LogP contribution in [0.2, 0.25) is 0 Å². The fourth-order valence-corrected chi connectivity index (χ4v) is 1.82. The van der Waals surface area contributed by atoms with Crippen molar-refractivity contribution in [3.63, 3.8) is 0 Å². The Bertz CT molecular complexity index is 274. The maximum atomic E-state index is 10.8. The van der Waals surface area contributed by atoms with E-state index in [1.165, 1.54) is 19.3 Å². The third-order valence-corrected chi connectivity index (χ3v) is 2.56. The van der Waals surface area contributed by atoms with E-state index >= 15 is 0 Å². The van der Waals surface area contributed by atoms with E-state index < -0.39 is 11.8 Å². The molecule has 1 saturated heterocycles. The maximum absolute atomic E-state index is 10.8. The molecule has 0 atom stereocenters. The predicted molar refractivity (Wildman–Crippen MR) is 50.6 cm³/mol. The molecule has 14 heavy (non-hydrogen) atoms. The number of aliphatic imine (C=N–C) groups is 1. The number of nitrogens with zero attached hydrogens (tertiary/aromatic N) is 1. The number of carbonyl (C=O) groups is 2. The Morgan fingerprint density at radius 3 is 2.14 bits per heavy atom. The number of hydrogen-bond acceptors (Lipinski definition) is 3. The zero-order valence-corrected chi connectivity index (χ0v) is 7.88. The molecule has 0 unspecified atom stereocenters. The van der Waals surface area contributed by atoms with E-state index in [-0.39, 0.29) is 6.04 Å². The van der Waals surface area contributed by atoms with Crippen molar-refractivity contribution >= 4 is 17.8 Å². The standard InChI is InChI=1S/C9H13N3O2/c13-7-8(14)12-9(11-7)10-6-4-2-1-3-5-6/h6H,1-5H2,(H2,10,11,12,13,14). The molecule has 1 saturated carbocycles. The largest absolute Gasteiger partial charge is 0.316 e. The Balaban J connectivity index is 1.97. The summed E-state index contributed by atoms with van der Waals surface area (Å²) < 4.78 is 0. The Labute approximate surface area is 82.0 Å². The first-order valence-corrected chi connectivity index (χ1v) is 4.96. The molecule has 0 aromatic heterocycles. The van der Waals surface area contributed by atoms with E-state index in [9.17, 15) is 9.59 Å². The van der Waals surface area contributed by atoms with Crippen molar-refractivity contribution in [1.82, 2.24) is 10.6 Å². The Morgan fingerprint density at radius 1 is 1.00 bits per heavy atom. The monoisotopic (exact) mass is 195 g/mol. The molecule has 0 radical (unpaired) electrons. The van der Waals surface area contributed by atoms with Gasteiger partial charge < -0.3 is 0 Å². The van der Waals surface area contributed by atoms with Crippen molar-refractivity contribution in [2.75, 3.05) is 0 Å². The summed E-state index contributed by atoms with van der Waals surface area (Å²) in [5.41, 5.74) is 0. The molecular weight excluding hydrogens is 182 g/mol. The summed E-state index contributed by atoms with van der Waals surface area (Å²) in [6.45, 7) is 0. The van der Waals surface area contributed by atoms with Crippen LogP contribution in [0.3, 0.4) is 0 Å². The van der Waals surface area contributed by atoms with Gasteiger partial charge in [0.2, 0.25) is 5.96 Å². The predicted octanol–water partition coefficient (Wildman–Crippen LogP) is -0.0789. The number of guanidine groups is 1. The second-order valence-corrected chi connectivity index (χ2v) is 3.68. The van der Waals surface area contributed by atoms with Gasteiger partial charge >= 0.3 is 11.8 Å². The summed E-state index contributed by atoms with van der Waals surface area (Å²) in [5, 5.41) is 4.80. The van der Waals surface area contributed by atoms with E-state index in [0.717, 1.165) is 12.8 Å². The van der Waals surface area contributed by atoms with E-state index in [1.807, 2.05) is 0 Å². The van der Waals surface area contributed by atoms with Gasteiger partial charge in [0.25, 0.3) is 0 Å². The molecule has 1 aliphatic heterocycles. The van der Waals surface area contributed by atoms with Gasteiger partial charge in [0.1, 0.15) is 0 Å². The van der Waals surface area contributed by atoms with Crippen molar-refractivity contribution in [2.24, 2.45) is 4.99 Å². The van der Waals surface area contributed by atoms with Crippen molar-refractivity contribution in [3.8, 4) is 0 Å². The average molecular weight is 195 g/mol. The zero-order chi connectivity index (χ0) is 9.97. The van der Waals surface area contributed by atoms with Gasteiger partial charge in [-0.1, -0.05) is 19.3 Å². The molecule has 1 heterocycles. The quantitative estimate of drug-likeness (QED) is 0.574.